The van der Waals surface area contributed by atoms with E-state index in [-0.39, 0.29) is 0 Å². The number of rotatable bonds is 2. The quantitative estimate of drug-likeness (QED) is 0.733. The van der Waals surface area contributed by atoms with E-state index in [2.05, 4.69) is 53.0 Å². The van der Waals surface area contributed by atoms with Crippen molar-refractivity contribution in [2.24, 2.45) is 0 Å². The van der Waals surface area contributed by atoms with Gasteiger partial charge in [-0.3, -0.25) is 0 Å². The highest BCUT2D eigenvalue weighted by molar-refractivity contribution is 9.09. The third-order valence-corrected chi connectivity index (χ3v) is 3.11. The van der Waals surface area contributed by atoms with Crippen molar-refractivity contribution in [3.63, 3.8) is 0 Å². The highest BCUT2D eigenvalue weighted by Crippen LogP contribution is 2.28. The van der Waals surface area contributed by atoms with Gasteiger partial charge >= 0.3 is 0 Å². The predicted octanol–water partition coefficient (Wildman–Crippen LogP) is 3.00. The second-order valence-corrected chi connectivity index (χ2v) is 5.68. The Balaban J connectivity index is 2.24. The van der Waals surface area contributed by atoms with Gasteiger partial charge in [0, 0.05) is 24.1 Å². The second kappa shape index (κ2) is 3.93. The maximum Gasteiger partial charge on any atom is 0.0397 e. The van der Waals surface area contributed by atoms with Crippen molar-refractivity contribution in [1.29, 1.82) is 0 Å². The van der Waals surface area contributed by atoms with Crippen molar-refractivity contribution in [3.8, 4) is 0 Å². The Morgan fingerprint density at radius 1 is 1.50 bits per heavy atom. The van der Waals surface area contributed by atoms with Crippen LogP contribution in [-0.2, 0) is 12.8 Å². The molecule has 0 radical (unpaired) electrons. The molecule has 0 aliphatic carbocycles. The van der Waals surface area contributed by atoms with Crippen LogP contribution in [0.2, 0.25) is 0 Å². The average molecular weight is 254 g/mol. The van der Waals surface area contributed by atoms with Crippen LogP contribution in [0.5, 0.6) is 0 Å². The maximum absolute atomic E-state index is 3.59. The fourth-order valence-electron chi connectivity index (χ4n) is 2.07. The second-order valence-electron chi connectivity index (χ2n) is 4.12. The molecular weight excluding hydrogens is 238 g/mol. The third kappa shape index (κ3) is 1.95. The van der Waals surface area contributed by atoms with Crippen LogP contribution in [0.15, 0.2) is 18.2 Å². The van der Waals surface area contributed by atoms with Gasteiger partial charge in [-0.15, -0.1) is 0 Å². The number of fused-ring (bicyclic) bond motifs is 1. The first-order valence-electron chi connectivity index (χ1n) is 5.14. The lowest BCUT2D eigenvalue weighted by molar-refractivity contribution is 0.949. The van der Waals surface area contributed by atoms with Gasteiger partial charge in [0.15, 0.2) is 0 Å². The minimum Gasteiger partial charge on any atom is -0.374 e. The van der Waals surface area contributed by atoms with Crippen molar-refractivity contribution < 1.29 is 0 Å². The Morgan fingerprint density at radius 2 is 2.29 bits per heavy atom. The number of likely N-dealkylation sites (N-methyl/N-ethyl adjacent to an activating group) is 1. The molecule has 76 valence electrons. The van der Waals surface area contributed by atoms with Gasteiger partial charge in [-0.2, -0.15) is 0 Å². The molecule has 1 atom stereocenters. The molecule has 0 saturated heterocycles. The molecular formula is C12H16BrN. The first-order valence-corrected chi connectivity index (χ1v) is 6.05. The molecule has 0 fully saturated rings. The monoisotopic (exact) mass is 253 g/mol. The van der Waals surface area contributed by atoms with Crippen molar-refractivity contribution >= 4 is 21.6 Å². The van der Waals surface area contributed by atoms with Gasteiger partial charge in [0.25, 0.3) is 0 Å². The van der Waals surface area contributed by atoms with E-state index in [4.69, 9.17) is 0 Å². The third-order valence-electron chi connectivity index (χ3n) is 2.79. The Hall–Kier alpha value is -0.500. The van der Waals surface area contributed by atoms with Crippen LogP contribution in [0.3, 0.4) is 0 Å². The summed E-state index contributed by atoms with van der Waals surface area (Å²) in [6.07, 6.45) is 2.33. The lowest BCUT2D eigenvalue weighted by atomic mass is 10.1. The zero-order valence-corrected chi connectivity index (χ0v) is 10.3. The standard InChI is InChI=1S/C12H16BrN/c1-9(13)7-10-3-4-12-11(8-10)5-6-14(12)2/h3-4,8-9H,5-7H2,1-2H3. The van der Waals surface area contributed by atoms with Crippen molar-refractivity contribution in [3.05, 3.63) is 29.3 Å². The molecule has 2 rings (SSSR count). The number of hydrogen-bond donors (Lipinski definition) is 0. The summed E-state index contributed by atoms with van der Waals surface area (Å²) in [5.41, 5.74) is 4.37. The number of anilines is 1. The van der Waals surface area contributed by atoms with Gasteiger partial charge in [-0.1, -0.05) is 35.0 Å². The Labute approximate surface area is 94.2 Å². The van der Waals surface area contributed by atoms with Crippen LogP contribution in [-0.4, -0.2) is 18.4 Å². The number of alkyl halides is 1. The van der Waals surface area contributed by atoms with Gasteiger partial charge < -0.3 is 4.90 Å². The van der Waals surface area contributed by atoms with E-state index in [1.54, 1.807) is 0 Å². The Kier molecular flexibility index (Phi) is 2.82. The summed E-state index contributed by atoms with van der Waals surface area (Å²) in [6, 6.07) is 6.86. The predicted molar refractivity (Wildman–Crippen MR) is 65.5 cm³/mol. The molecule has 1 aliphatic heterocycles. The maximum atomic E-state index is 3.59. The highest BCUT2D eigenvalue weighted by Gasteiger charge is 2.15. The van der Waals surface area contributed by atoms with Crippen LogP contribution in [0.25, 0.3) is 0 Å². The number of nitrogens with zero attached hydrogens (tertiary/aromatic N) is 1. The molecule has 1 aliphatic rings. The molecule has 1 aromatic rings. The van der Waals surface area contributed by atoms with E-state index in [1.165, 1.54) is 29.8 Å². The molecule has 0 saturated carbocycles. The zero-order chi connectivity index (χ0) is 10.1. The SMILES string of the molecule is CC(Br)Cc1ccc2c(c1)CCN2C. The molecule has 0 N–H and O–H groups in total. The van der Waals surface area contributed by atoms with E-state index < -0.39 is 0 Å². The summed E-state index contributed by atoms with van der Waals surface area (Å²) < 4.78 is 0. The Morgan fingerprint density at radius 3 is 3.00 bits per heavy atom. The summed E-state index contributed by atoms with van der Waals surface area (Å²) in [7, 11) is 2.17. The topological polar surface area (TPSA) is 3.24 Å². The van der Waals surface area contributed by atoms with E-state index in [0.717, 1.165) is 6.42 Å². The first-order chi connectivity index (χ1) is 6.66. The molecule has 14 heavy (non-hydrogen) atoms. The number of halogens is 1. The van der Waals surface area contributed by atoms with Gasteiger partial charge in [-0.25, -0.2) is 0 Å². The molecule has 1 nitrogen and oxygen atoms in total. The molecule has 0 amide bonds. The highest BCUT2D eigenvalue weighted by atomic mass is 79.9. The van der Waals surface area contributed by atoms with E-state index in [1.807, 2.05) is 0 Å². The van der Waals surface area contributed by atoms with Crippen LogP contribution >= 0.6 is 15.9 Å². The lowest BCUT2D eigenvalue weighted by Crippen LogP contribution is -2.12. The fraction of sp³-hybridized carbons (Fsp3) is 0.500. The van der Waals surface area contributed by atoms with Crippen LogP contribution < -0.4 is 4.90 Å². The smallest absolute Gasteiger partial charge is 0.0397 e. The minimum atomic E-state index is 0.569. The number of benzene rings is 1. The molecule has 0 spiro atoms. The van der Waals surface area contributed by atoms with Crippen molar-refractivity contribution in [2.45, 2.75) is 24.6 Å². The average Bonchev–Trinajstić information content (AvgIpc) is 2.46. The Bertz CT molecular complexity index is 333. The normalized spacial score (nSPS) is 16.9. The summed E-state index contributed by atoms with van der Waals surface area (Å²) in [4.78, 5) is 2.90. The first kappa shape index (κ1) is 10.0. The summed E-state index contributed by atoms with van der Waals surface area (Å²) >= 11 is 3.59. The van der Waals surface area contributed by atoms with Gasteiger partial charge in [-0.05, 0) is 30.0 Å². The summed E-state index contributed by atoms with van der Waals surface area (Å²) in [6.45, 7) is 3.36. The van der Waals surface area contributed by atoms with E-state index in [9.17, 15) is 0 Å². The number of hydrogen-bond acceptors (Lipinski definition) is 1. The summed E-state index contributed by atoms with van der Waals surface area (Å²) in [5, 5.41) is 0. The molecule has 0 aromatic heterocycles. The van der Waals surface area contributed by atoms with Gasteiger partial charge in [0.1, 0.15) is 0 Å². The zero-order valence-electron chi connectivity index (χ0n) is 8.76. The lowest BCUT2D eigenvalue weighted by Gasteiger charge is -2.12. The molecule has 0 bridgehead atoms. The summed E-state index contributed by atoms with van der Waals surface area (Å²) in [5.74, 6) is 0. The molecule has 1 aromatic carbocycles. The minimum absolute atomic E-state index is 0.569. The fourth-order valence-corrected chi connectivity index (χ4v) is 2.45. The van der Waals surface area contributed by atoms with Gasteiger partial charge in [0.2, 0.25) is 0 Å². The largest absolute Gasteiger partial charge is 0.374 e. The van der Waals surface area contributed by atoms with E-state index >= 15 is 0 Å². The van der Waals surface area contributed by atoms with Crippen LogP contribution in [0, 0.1) is 0 Å². The van der Waals surface area contributed by atoms with Crippen LogP contribution in [0.1, 0.15) is 18.1 Å². The van der Waals surface area contributed by atoms with Crippen molar-refractivity contribution in [2.75, 3.05) is 18.5 Å². The van der Waals surface area contributed by atoms with E-state index in [0.29, 0.717) is 4.83 Å². The van der Waals surface area contributed by atoms with Gasteiger partial charge in [0.05, 0.1) is 0 Å². The molecule has 1 unspecified atom stereocenters. The van der Waals surface area contributed by atoms with Crippen molar-refractivity contribution in [1.82, 2.24) is 0 Å². The van der Waals surface area contributed by atoms with Crippen LogP contribution in [0.4, 0.5) is 5.69 Å². The molecule has 2 heteroatoms. The molecule has 1 heterocycles.